The number of rotatable bonds is 28. The molecular formula is C27H54N6O15P2. The highest BCUT2D eigenvalue weighted by molar-refractivity contribution is 7.47. The molecule has 0 radical (unpaired) electrons. The summed E-state index contributed by atoms with van der Waals surface area (Å²) in [7, 11) is -9.10. The fourth-order valence-electron chi connectivity index (χ4n) is 3.88. The van der Waals surface area contributed by atoms with Crippen LogP contribution < -0.4 is 31.9 Å². The SMILES string of the molecule is CC(=O)N[C@H](CNCC[C@@H](C)OC(C)=O)COP(=O)(O)OCCNC(=O)NCCOP(=O)(O)OC[C@@H](CNCC[C@@H](C)OC(C)=O)NC(C)=O. The number of hydrogen-bond donors (Lipinski definition) is 8. The average Bonchev–Trinajstić information content (AvgIpc) is 2.98. The maximum Gasteiger partial charge on any atom is 0.472 e. The number of carbonyl (C=O) groups excluding carboxylic acids is 5. The van der Waals surface area contributed by atoms with E-state index in [0.29, 0.717) is 25.9 Å². The summed E-state index contributed by atoms with van der Waals surface area (Å²) in [5.41, 5.74) is 0. The molecule has 292 valence electrons. The van der Waals surface area contributed by atoms with E-state index < -0.39 is 70.7 Å². The lowest BCUT2D eigenvalue weighted by molar-refractivity contribution is -0.146. The van der Waals surface area contributed by atoms with Crippen LogP contribution in [0, 0.1) is 0 Å². The van der Waals surface area contributed by atoms with Crippen molar-refractivity contribution in [3.05, 3.63) is 0 Å². The monoisotopic (exact) mass is 764 g/mol. The van der Waals surface area contributed by atoms with Crippen molar-refractivity contribution >= 4 is 45.4 Å². The summed E-state index contributed by atoms with van der Waals surface area (Å²) in [6, 6.07) is -2.09. The first kappa shape index (κ1) is 47.3. The number of phosphoric ester groups is 2. The number of hydrogen-bond acceptors (Lipinski definition) is 15. The minimum absolute atomic E-state index is 0.186. The van der Waals surface area contributed by atoms with Crippen LogP contribution in [0.15, 0.2) is 0 Å². The van der Waals surface area contributed by atoms with Gasteiger partial charge in [-0.25, -0.2) is 13.9 Å². The minimum Gasteiger partial charge on any atom is -0.463 e. The molecular weight excluding hydrogens is 710 g/mol. The zero-order valence-corrected chi connectivity index (χ0v) is 31.2. The number of ether oxygens (including phenoxy) is 2. The summed E-state index contributed by atoms with van der Waals surface area (Å²) >= 11 is 0. The van der Waals surface area contributed by atoms with E-state index in [9.17, 15) is 42.9 Å². The highest BCUT2D eigenvalue weighted by Gasteiger charge is 2.25. The van der Waals surface area contributed by atoms with E-state index in [1.807, 2.05) is 0 Å². The van der Waals surface area contributed by atoms with Gasteiger partial charge in [-0.2, -0.15) is 0 Å². The molecule has 0 saturated carbocycles. The van der Waals surface area contributed by atoms with Gasteiger partial charge in [0.15, 0.2) is 0 Å². The largest absolute Gasteiger partial charge is 0.472 e. The number of phosphoric acid groups is 2. The van der Waals surface area contributed by atoms with Crippen LogP contribution >= 0.6 is 15.6 Å². The van der Waals surface area contributed by atoms with Gasteiger partial charge in [-0.05, 0) is 39.8 Å². The predicted molar refractivity (Wildman–Crippen MR) is 177 cm³/mol. The van der Waals surface area contributed by atoms with Crippen LogP contribution in [0.3, 0.4) is 0 Å². The van der Waals surface area contributed by atoms with Gasteiger partial charge in [0.2, 0.25) is 11.8 Å². The summed E-state index contributed by atoms with van der Waals surface area (Å²) < 4.78 is 54.1. The molecule has 0 aliphatic rings. The van der Waals surface area contributed by atoms with Crippen LogP contribution in [0.2, 0.25) is 0 Å². The molecule has 0 spiro atoms. The lowest BCUT2D eigenvalue weighted by Gasteiger charge is -2.21. The molecule has 0 aromatic carbocycles. The van der Waals surface area contributed by atoms with Gasteiger partial charge in [-0.15, -0.1) is 0 Å². The van der Waals surface area contributed by atoms with Crippen molar-refractivity contribution in [2.45, 2.75) is 78.7 Å². The van der Waals surface area contributed by atoms with E-state index in [2.05, 4.69) is 31.9 Å². The summed E-state index contributed by atoms with van der Waals surface area (Å²) in [6.07, 6.45) is 0.370. The van der Waals surface area contributed by atoms with E-state index >= 15 is 0 Å². The van der Waals surface area contributed by atoms with Gasteiger partial charge in [-0.3, -0.25) is 37.3 Å². The van der Waals surface area contributed by atoms with E-state index in [0.717, 1.165) is 0 Å². The van der Waals surface area contributed by atoms with Gasteiger partial charge in [0.25, 0.3) is 0 Å². The molecule has 0 aromatic rings. The highest BCUT2D eigenvalue weighted by atomic mass is 31.2. The van der Waals surface area contributed by atoms with Crippen LogP contribution in [0.1, 0.15) is 54.4 Å². The third-order valence-corrected chi connectivity index (χ3v) is 7.92. The van der Waals surface area contributed by atoms with E-state index in [-0.39, 0.29) is 51.6 Å². The average molecular weight is 765 g/mol. The van der Waals surface area contributed by atoms with Gasteiger partial charge < -0.3 is 51.2 Å². The molecule has 0 rings (SSSR count). The van der Waals surface area contributed by atoms with E-state index in [1.54, 1.807) is 13.8 Å². The Hall–Kier alpha value is -2.71. The molecule has 6 atom stereocenters. The van der Waals surface area contributed by atoms with Crippen molar-refractivity contribution in [1.82, 2.24) is 31.9 Å². The third-order valence-electron chi connectivity index (χ3n) is 5.95. The molecule has 2 unspecified atom stereocenters. The molecule has 0 saturated heterocycles. The Balaban J connectivity index is 4.35. The van der Waals surface area contributed by atoms with E-state index in [1.165, 1.54) is 27.7 Å². The molecule has 23 heteroatoms. The quantitative estimate of drug-likeness (QED) is 0.0281. The Labute approximate surface area is 292 Å². The van der Waals surface area contributed by atoms with E-state index in [4.69, 9.17) is 27.6 Å². The number of nitrogens with one attached hydrogen (secondary N) is 6. The topological polar surface area (TPSA) is 288 Å². The van der Waals surface area contributed by atoms with Crippen LogP contribution in [0.25, 0.3) is 0 Å². The normalized spacial score (nSPS) is 16.0. The van der Waals surface area contributed by atoms with Crippen molar-refractivity contribution in [2.75, 3.05) is 65.7 Å². The zero-order chi connectivity index (χ0) is 38.2. The van der Waals surface area contributed by atoms with Crippen molar-refractivity contribution in [3.63, 3.8) is 0 Å². The summed E-state index contributed by atoms with van der Waals surface area (Å²) in [5, 5.41) is 15.9. The van der Waals surface area contributed by atoms with Crippen LogP contribution in [0.4, 0.5) is 4.79 Å². The van der Waals surface area contributed by atoms with Crippen molar-refractivity contribution < 1.29 is 70.5 Å². The van der Waals surface area contributed by atoms with Gasteiger partial charge in [0.1, 0.15) is 12.2 Å². The second-order valence-corrected chi connectivity index (χ2v) is 13.9. The minimum atomic E-state index is -4.55. The molecule has 0 fully saturated rings. The van der Waals surface area contributed by atoms with Gasteiger partial charge in [0.05, 0.1) is 38.5 Å². The number of carbonyl (C=O) groups is 5. The first-order valence-corrected chi connectivity index (χ1v) is 18.8. The Morgan fingerprint density at radius 3 is 1.28 bits per heavy atom. The molecule has 0 aliphatic heterocycles. The van der Waals surface area contributed by atoms with Crippen LogP contribution in [-0.2, 0) is 55.9 Å². The zero-order valence-electron chi connectivity index (χ0n) is 29.4. The second-order valence-electron chi connectivity index (χ2n) is 11.0. The third kappa shape index (κ3) is 29.1. The molecule has 0 bridgehead atoms. The number of amides is 4. The van der Waals surface area contributed by atoms with Gasteiger partial charge in [0, 0.05) is 53.9 Å². The molecule has 21 nitrogen and oxygen atoms in total. The van der Waals surface area contributed by atoms with Crippen molar-refractivity contribution in [2.24, 2.45) is 0 Å². The molecule has 4 amide bonds. The van der Waals surface area contributed by atoms with Gasteiger partial charge in [-0.1, -0.05) is 0 Å². The molecule has 0 heterocycles. The summed E-state index contributed by atoms with van der Waals surface area (Å²) in [6.45, 7) is 7.88. The number of urea groups is 1. The summed E-state index contributed by atoms with van der Waals surface area (Å²) in [5.74, 6) is -1.58. The van der Waals surface area contributed by atoms with Crippen molar-refractivity contribution in [3.8, 4) is 0 Å². The second kappa shape index (κ2) is 26.1. The predicted octanol–water partition coefficient (Wildman–Crippen LogP) is -0.575. The van der Waals surface area contributed by atoms with Crippen LogP contribution in [0.5, 0.6) is 0 Å². The molecule has 0 aromatic heterocycles. The maximum absolute atomic E-state index is 12.2. The Bertz CT molecular complexity index is 1070. The van der Waals surface area contributed by atoms with Crippen LogP contribution in [-0.4, -0.2) is 130 Å². The first-order chi connectivity index (χ1) is 23.3. The lowest BCUT2D eigenvalue weighted by Crippen LogP contribution is -2.44. The fourth-order valence-corrected chi connectivity index (χ4v) is 5.41. The smallest absolute Gasteiger partial charge is 0.463 e. The number of esters is 2. The maximum atomic E-state index is 12.2. The first-order valence-electron chi connectivity index (χ1n) is 15.9. The Kier molecular flexibility index (Phi) is 24.7. The molecule has 50 heavy (non-hydrogen) atoms. The van der Waals surface area contributed by atoms with Gasteiger partial charge >= 0.3 is 33.6 Å². The standard InChI is InChI=1S/C27H54N6O15P2/c1-19(47-23(5)36)7-9-28-15-25(32-21(3)34)17-45-49(39,40)43-13-11-30-27(38)31-12-14-44-50(41,42)46-18-26(33-22(4)35)16-29-10-8-20(2)48-24(6)37/h19-20,25-26,28-29H,7-18H2,1-6H3,(H,32,34)(H,33,35)(H,39,40)(H,41,42)(H2,30,31,38)/t19-,20-,25-,26-/m1/s1. The molecule has 8 N–H and O–H groups in total. The summed E-state index contributed by atoms with van der Waals surface area (Å²) in [4.78, 5) is 76.8. The fraction of sp³-hybridized carbons (Fsp3) is 0.815. The Morgan fingerprint density at radius 1 is 0.600 bits per heavy atom. The van der Waals surface area contributed by atoms with Crippen molar-refractivity contribution in [1.29, 1.82) is 0 Å². The highest BCUT2D eigenvalue weighted by Crippen LogP contribution is 2.43. The molecule has 0 aliphatic carbocycles. The Morgan fingerprint density at radius 2 is 0.960 bits per heavy atom. The lowest BCUT2D eigenvalue weighted by atomic mass is 10.2.